The zero-order valence-corrected chi connectivity index (χ0v) is 25.0. The largest absolute Gasteiger partial charge is 0.459 e. The Morgan fingerprint density at radius 2 is 1.00 bits per heavy atom. The van der Waals surface area contributed by atoms with Gasteiger partial charge in [-0.15, -0.1) is 0 Å². The molecule has 1 amide bonds. The van der Waals surface area contributed by atoms with Crippen molar-refractivity contribution in [3.05, 3.63) is 108 Å². The molecule has 3 N–H and O–H groups in total. The molecule has 0 unspecified atom stereocenters. The van der Waals surface area contributed by atoms with Gasteiger partial charge < -0.3 is 20.5 Å². The molecule has 7 nitrogen and oxygen atoms in total. The van der Waals surface area contributed by atoms with E-state index < -0.39 is 11.1 Å². The summed E-state index contributed by atoms with van der Waals surface area (Å²) < 4.78 is 10.9. The number of esters is 2. The van der Waals surface area contributed by atoms with Crippen molar-refractivity contribution < 1.29 is 23.9 Å². The minimum atomic E-state index is -0.890. The maximum Gasteiger partial charge on any atom is 0.332 e. The zero-order chi connectivity index (χ0) is 30.4. The monoisotopic (exact) mass is 584 g/mol. The van der Waals surface area contributed by atoms with Gasteiger partial charge in [0.25, 0.3) is 0 Å². The summed E-state index contributed by atoms with van der Waals surface area (Å²) in [5.74, 6) is -0.696. The Hall–Kier alpha value is -3.97. The van der Waals surface area contributed by atoms with Gasteiger partial charge >= 0.3 is 11.9 Å². The predicted octanol–water partition coefficient (Wildman–Crippen LogP) is 6.18. The standard InChI is InChI=1S/C22H25NO3.C14H19NO2/c24-20(16-18-10-4-1-5-11-18)23-22(14-8-3-9-15-22)21(25)26-17-19-12-6-2-7-13-19;15-14(9-5-2-6-10-14)13(16)17-11-12-7-3-1-4-8-12/h1-2,4-7,10-13H,3,8-9,14-17H2,(H,23,24);1,3-4,7-8H,2,5-6,9-11,15H2. The molecule has 5 rings (SSSR count). The molecule has 0 aromatic heterocycles. The van der Waals surface area contributed by atoms with E-state index in [-0.39, 0.29) is 30.9 Å². The van der Waals surface area contributed by atoms with E-state index in [4.69, 9.17) is 15.2 Å². The zero-order valence-electron chi connectivity index (χ0n) is 25.0. The summed E-state index contributed by atoms with van der Waals surface area (Å²) in [7, 11) is 0. The molecule has 0 radical (unpaired) electrons. The van der Waals surface area contributed by atoms with Gasteiger partial charge in [-0.1, -0.05) is 130 Å². The molecule has 0 aliphatic heterocycles. The smallest absolute Gasteiger partial charge is 0.332 e. The lowest BCUT2D eigenvalue weighted by atomic mass is 9.81. The summed E-state index contributed by atoms with van der Waals surface area (Å²) in [4.78, 5) is 37.3. The predicted molar refractivity (Wildman–Crippen MR) is 167 cm³/mol. The van der Waals surface area contributed by atoms with E-state index in [1.54, 1.807) is 0 Å². The molecule has 0 spiro atoms. The second-order valence-electron chi connectivity index (χ2n) is 11.7. The van der Waals surface area contributed by atoms with E-state index >= 15 is 0 Å². The quantitative estimate of drug-likeness (QED) is 0.291. The summed E-state index contributed by atoms with van der Waals surface area (Å²) in [6, 6.07) is 28.9. The first-order chi connectivity index (χ1) is 20.9. The number of nitrogens with one attached hydrogen (secondary N) is 1. The van der Waals surface area contributed by atoms with Gasteiger partial charge in [0, 0.05) is 0 Å². The van der Waals surface area contributed by atoms with Crippen LogP contribution >= 0.6 is 0 Å². The summed E-state index contributed by atoms with van der Waals surface area (Å²) >= 11 is 0. The van der Waals surface area contributed by atoms with Crippen LogP contribution in [-0.2, 0) is 43.5 Å². The maximum absolute atomic E-state index is 12.8. The Bertz CT molecular complexity index is 1280. The Morgan fingerprint density at radius 3 is 1.49 bits per heavy atom. The fourth-order valence-corrected chi connectivity index (χ4v) is 5.74. The van der Waals surface area contributed by atoms with Crippen LogP contribution in [0.15, 0.2) is 91.0 Å². The first-order valence-corrected chi connectivity index (χ1v) is 15.4. The lowest BCUT2D eigenvalue weighted by Gasteiger charge is -2.35. The van der Waals surface area contributed by atoms with Gasteiger partial charge in [0.1, 0.15) is 24.3 Å². The molecule has 3 aromatic rings. The number of benzene rings is 3. The molecule has 2 aliphatic carbocycles. The Morgan fingerprint density at radius 1 is 0.581 bits per heavy atom. The summed E-state index contributed by atoms with van der Waals surface area (Å²) in [5, 5.41) is 3.00. The molecule has 2 aliphatic rings. The number of nitrogens with two attached hydrogens (primary N) is 1. The highest BCUT2D eigenvalue weighted by Gasteiger charge is 2.42. The van der Waals surface area contributed by atoms with Crippen LogP contribution in [0.3, 0.4) is 0 Å². The second-order valence-corrected chi connectivity index (χ2v) is 11.7. The van der Waals surface area contributed by atoms with Crippen molar-refractivity contribution in [1.82, 2.24) is 5.32 Å². The van der Waals surface area contributed by atoms with Gasteiger partial charge in [-0.25, -0.2) is 4.79 Å². The highest BCUT2D eigenvalue weighted by Crippen LogP contribution is 2.30. The van der Waals surface area contributed by atoms with Crippen molar-refractivity contribution in [3.63, 3.8) is 0 Å². The van der Waals surface area contributed by atoms with Crippen molar-refractivity contribution in [1.29, 1.82) is 0 Å². The van der Waals surface area contributed by atoms with Crippen molar-refractivity contribution in [2.75, 3.05) is 0 Å². The highest BCUT2D eigenvalue weighted by molar-refractivity contribution is 5.89. The van der Waals surface area contributed by atoms with Crippen molar-refractivity contribution in [2.24, 2.45) is 5.73 Å². The van der Waals surface area contributed by atoms with Gasteiger partial charge in [-0.05, 0) is 42.4 Å². The van der Waals surface area contributed by atoms with Crippen LogP contribution in [0.5, 0.6) is 0 Å². The van der Waals surface area contributed by atoms with Crippen LogP contribution in [0.4, 0.5) is 0 Å². The third kappa shape index (κ3) is 9.79. The number of amides is 1. The minimum Gasteiger partial charge on any atom is -0.459 e. The van der Waals surface area contributed by atoms with Gasteiger partial charge in [-0.2, -0.15) is 0 Å². The minimum absolute atomic E-state index is 0.130. The third-order valence-corrected chi connectivity index (χ3v) is 8.26. The average Bonchev–Trinajstić information content (AvgIpc) is 3.05. The number of hydrogen-bond acceptors (Lipinski definition) is 6. The molecule has 3 aromatic carbocycles. The molecule has 7 heteroatoms. The molecular formula is C36H44N2O5. The Balaban J connectivity index is 0.000000215. The Kier molecular flexibility index (Phi) is 11.9. The van der Waals surface area contributed by atoms with Crippen LogP contribution in [0.2, 0.25) is 0 Å². The molecule has 2 saturated carbocycles. The molecule has 0 saturated heterocycles. The number of carbonyl (C=O) groups is 3. The topological polar surface area (TPSA) is 108 Å². The fraction of sp³-hybridized carbons (Fsp3) is 0.417. The van der Waals surface area contributed by atoms with Crippen molar-refractivity contribution >= 4 is 17.8 Å². The second kappa shape index (κ2) is 16.0. The van der Waals surface area contributed by atoms with Gasteiger partial charge in [0.2, 0.25) is 5.91 Å². The number of ether oxygens (including phenoxy) is 2. The van der Waals surface area contributed by atoms with Crippen LogP contribution in [0.1, 0.15) is 80.9 Å². The molecule has 228 valence electrons. The van der Waals surface area contributed by atoms with Gasteiger partial charge in [0.05, 0.1) is 6.42 Å². The van der Waals surface area contributed by atoms with Gasteiger partial charge in [-0.3, -0.25) is 9.59 Å². The number of rotatable bonds is 9. The van der Waals surface area contributed by atoms with E-state index in [0.29, 0.717) is 19.4 Å². The molecule has 0 atom stereocenters. The Labute approximate surface area is 255 Å². The van der Waals surface area contributed by atoms with Crippen LogP contribution < -0.4 is 11.1 Å². The van der Waals surface area contributed by atoms with Crippen molar-refractivity contribution in [2.45, 2.75) is 94.9 Å². The fourth-order valence-electron chi connectivity index (χ4n) is 5.74. The van der Waals surface area contributed by atoms with Crippen LogP contribution in [-0.4, -0.2) is 28.9 Å². The lowest BCUT2D eigenvalue weighted by molar-refractivity contribution is -0.156. The molecule has 0 heterocycles. The van der Waals surface area contributed by atoms with E-state index in [1.165, 1.54) is 6.42 Å². The maximum atomic E-state index is 12.8. The average molecular weight is 585 g/mol. The number of carbonyl (C=O) groups excluding carboxylic acids is 3. The first-order valence-electron chi connectivity index (χ1n) is 15.4. The van der Waals surface area contributed by atoms with Gasteiger partial charge in [0.15, 0.2) is 0 Å². The summed E-state index contributed by atoms with van der Waals surface area (Å²) in [5.41, 5.74) is 7.34. The first kappa shape index (κ1) is 32.0. The summed E-state index contributed by atoms with van der Waals surface area (Å²) in [6.45, 7) is 0.550. The van der Waals surface area contributed by atoms with E-state index in [0.717, 1.165) is 61.6 Å². The highest BCUT2D eigenvalue weighted by atomic mass is 16.5. The van der Waals surface area contributed by atoms with E-state index in [9.17, 15) is 14.4 Å². The molecule has 43 heavy (non-hydrogen) atoms. The van der Waals surface area contributed by atoms with Crippen LogP contribution in [0, 0.1) is 0 Å². The molecule has 2 fully saturated rings. The van der Waals surface area contributed by atoms with E-state index in [1.807, 2.05) is 91.0 Å². The third-order valence-electron chi connectivity index (χ3n) is 8.26. The number of hydrogen-bond donors (Lipinski definition) is 2. The lowest BCUT2D eigenvalue weighted by Crippen LogP contribution is -2.56. The SMILES string of the molecule is NC1(C(=O)OCc2ccccc2)CCCCC1.O=C(Cc1ccccc1)NC1(C(=O)OCc2ccccc2)CCCCC1. The van der Waals surface area contributed by atoms with Crippen molar-refractivity contribution in [3.8, 4) is 0 Å². The van der Waals surface area contributed by atoms with Crippen LogP contribution in [0.25, 0.3) is 0 Å². The van der Waals surface area contributed by atoms with E-state index in [2.05, 4.69) is 5.32 Å². The normalized spacial score (nSPS) is 17.0. The molecular weight excluding hydrogens is 540 g/mol. The summed E-state index contributed by atoms with van der Waals surface area (Å²) in [6.07, 6.45) is 9.21. The molecule has 0 bridgehead atoms.